The van der Waals surface area contributed by atoms with Crippen molar-refractivity contribution < 1.29 is 14.3 Å². The fourth-order valence-corrected chi connectivity index (χ4v) is 4.55. The Balaban J connectivity index is 1.61. The molecule has 0 radical (unpaired) electrons. The van der Waals surface area contributed by atoms with Crippen LogP contribution in [0.15, 0.2) is 59.5 Å². The molecule has 0 saturated carbocycles. The quantitative estimate of drug-likeness (QED) is 0.345. The molecule has 0 bridgehead atoms. The molecular formula is C20H19NO3S2. The first-order valence-electron chi connectivity index (χ1n) is 8.26. The molecule has 0 aliphatic carbocycles. The second-order valence-corrected chi connectivity index (χ2v) is 7.83. The van der Waals surface area contributed by atoms with Gasteiger partial charge in [0.1, 0.15) is 10.6 Å². The van der Waals surface area contributed by atoms with Crippen LogP contribution in [0.4, 0.5) is 5.00 Å². The molecule has 0 spiro atoms. The summed E-state index contributed by atoms with van der Waals surface area (Å²) < 4.78 is 5.83. The summed E-state index contributed by atoms with van der Waals surface area (Å²) in [6, 6.07) is 17.7. The minimum atomic E-state index is -0.433. The zero-order valence-corrected chi connectivity index (χ0v) is 16.0. The Kier molecular flexibility index (Phi) is 6.30. The Morgan fingerprint density at radius 1 is 1.08 bits per heavy atom. The molecule has 0 unspecified atom stereocenters. The lowest BCUT2D eigenvalue weighted by molar-refractivity contribution is -0.116. The van der Waals surface area contributed by atoms with Gasteiger partial charge in [0, 0.05) is 21.4 Å². The minimum absolute atomic E-state index is 0.0876. The summed E-state index contributed by atoms with van der Waals surface area (Å²) in [6.45, 7) is 0. The van der Waals surface area contributed by atoms with Crippen molar-refractivity contribution in [2.75, 3.05) is 18.2 Å². The number of hydrogen-bond donors (Lipinski definition) is 1. The number of hydrogen-bond acceptors (Lipinski definition) is 5. The Labute approximate surface area is 160 Å². The Bertz CT molecular complexity index is 906. The molecule has 3 aromatic rings. The topological polar surface area (TPSA) is 55.4 Å². The average Bonchev–Trinajstić information content (AvgIpc) is 3.03. The summed E-state index contributed by atoms with van der Waals surface area (Å²) in [5, 5.41) is 4.24. The van der Waals surface area contributed by atoms with E-state index in [0.717, 1.165) is 22.3 Å². The number of thiophene rings is 1. The smallest absolute Gasteiger partial charge is 0.341 e. The van der Waals surface area contributed by atoms with Crippen molar-refractivity contribution >= 4 is 50.1 Å². The number of carbonyl (C=O) groups excluding carboxylic acids is 2. The van der Waals surface area contributed by atoms with Gasteiger partial charge in [-0.3, -0.25) is 4.79 Å². The van der Waals surface area contributed by atoms with E-state index >= 15 is 0 Å². The van der Waals surface area contributed by atoms with Gasteiger partial charge in [0.25, 0.3) is 0 Å². The van der Waals surface area contributed by atoms with E-state index in [-0.39, 0.29) is 5.91 Å². The third-order valence-corrected chi connectivity index (χ3v) is 5.98. The van der Waals surface area contributed by atoms with Gasteiger partial charge in [0.05, 0.1) is 7.11 Å². The first-order chi connectivity index (χ1) is 12.7. The maximum absolute atomic E-state index is 12.3. The van der Waals surface area contributed by atoms with Crippen LogP contribution in [0.1, 0.15) is 23.2 Å². The van der Waals surface area contributed by atoms with Crippen LogP contribution in [0.25, 0.3) is 10.1 Å². The summed E-state index contributed by atoms with van der Waals surface area (Å²) >= 11 is 3.13. The number of methoxy groups -OCH3 is 1. The van der Waals surface area contributed by atoms with Crippen LogP contribution in [0, 0.1) is 0 Å². The van der Waals surface area contributed by atoms with Crippen molar-refractivity contribution in [1.82, 2.24) is 0 Å². The maximum Gasteiger partial charge on any atom is 0.341 e. The molecule has 0 aliphatic rings. The van der Waals surface area contributed by atoms with Crippen molar-refractivity contribution in [2.45, 2.75) is 17.7 Å². The van der Waals surface area contributed by atoms with Gasteiger partial charge < -0.3 is 10.1 Å². The summed E-state index contributed by atoms with van der Waals surface area (Å²) in [5.74, 6) is 0.348. The number of esters is 1. The van der Waals surface area contributed by atoms with Gasteiger partial charge in [-0.25, -0.2) is 4.79 Å². The number of anilines is 1. The van der Waals surface area contributed by atoms with Gasteiger partial charge in [-0.05, 0) is 30.4 Å². The van der Waals surface area contributed by atoms with E-state index in [1.807, 2.05) is 42.5 Å². The average molecular weight is 386 g/mol. The zero-order chi connectivity index (χ0) is 18.4. The van der Waals surface area contributed by atoms with E-state index in [1.165, 1.54) is 23.3 Å². The fourth-order valence-electron chi connectivity index (χ4n) is 2.57. The van der Waals surface area contributed by atoms with Gasteiger partial charge >= 0.3 is 5.97 Å². The number of benzene rings is 2. The van der Waals surface area contributed by atoms with Crippen LogP contribution in [-0.4, -0.2) is 24.7 Å². The summed E-state index contributed by atoms with van der Waals surface area (Å²) in [5.41, 5.74) is 0.431. The summed E-state index contributed by atoms with van der Waals surface area (Å²) in [6.07, 6.45) is 1.18. The fraction of sp³-hybridized carbons (Fsp3) is 0.200. The van der Waals surface area contributed by atoms with Gasteiger partial charge in [0.2, 0.25) is 5.91 Å². The zero-order valence-electron chi connectivity index (χ0n) is 14.4. The van der Waals surface area contributed by atoms with Crippen molar-refractivity contribution in [2.24, 2.45) is 0 Å². The predicted molar refractivity (Wildman–Crippen MR) is 108 cm³/mol. The highest BCUT2D eigenvalue weighted by atomic mass is 32.2. The van der Waals surface area contributed by atoms with E-state index in [2.05, 4.69) is 17.4 Å². The number of ether oxygens (including phenoxy) is 1. The van der Waals surface area contributed by atoms with Crippen molar-refractivity contribution in [3.05, 3.63) is 60.2 Å². The van der Waals surface area contributed by atoms with E-state index in [0.29, 0.717) is 17.0 Å². The minimum Gasteiger partial charge on any atom is -0.465 e. The van der Waals surface area contributed by atoms with Crippen molar-refractivity contribution in [3.63, 3.8) is 0 Å². The molecule has 0 fully saturated rings. The van der Waals surface area contributed by atoms with Gasteiger partial charge in [0.15, 0.2) is 0 Å². The van der Waals surface area contributed by atoms with Crippen LogP contribution in [-0.2, 0) is 9.53 Å². The largest absolute Gasteiger partial charge is 0.465 e. The molecule has 0 atom stereocenters. The Morgan fingerprint density at radius 2 is 1.81 bits per heavy atom. The highest BCUT2D eigenvalue weighted by Gasteiger charge is 2.20. The molecule has 0 saturated heterocycles. The van der Waals surface area contributed by atoms with Crippen LogP contribution in [0.2, 0.25) is 0 Å². The van der Waals surface area contributed by atoms with Crippen LogP contribution < -0.4 is 5.32 Å². The number of fused-ring (bicyclic) bond motifs is 1. The highest BCUT2D eigenvalue weighted by molar-refractivity contribution is 7.99. The van der Waals surface area contributed by atoms with Gasteiger partial charge in [-0.15, -0.1) is 23.1 Å². The number of rotatable bonds is 7. The molecule has 3 rings (SSSR count). The Hall–Kier alpha value is -2.31. The van der Waals surface area contributed by atoms with Crippen LogP contribution in [0.5, 0.6) is 0 Å². The molecule has 134 valence electrons. The highest BCUT2D eigenvalue weighted by Crippen LogP contribution is 2.36. The maximum atomic E-state index is 12.3. The number of amides is 1. The molecule has 1 N–H and O–H groups in total. The van der Waals surface area contributed by atoms with E-state index in [9.17, 15) is 9.59 Å². The van der Waals surface area contributed by atoms with E-state index in [1.54, 1.807) is 11.8 Å². The number of nitrogens with one attached hydrogen (secondary N) is 1. The molecule has 26 heavy (non-hydrogen) atoms. The van der Waals surface area contributed by atoms with Crippen molar-refractivity contribution in [3.8, 4) is 0 Å². The van der Waals surface area contributed by atoms with Crippen LogP contribution in [0.3, 0.4) is 0 Å². The molecule has 1 heterocycles. The lowest BCUT2D eigenvalue weighted by atomic mass is 10.1. The number of thioether (sulfide) groups is 1. The van der Waals surface area contributed by atoms with Crippen LogP contribution >= 0.6 is 23.1 Å². The number of carbonyl (C=O) groups is 2. The molecule has 1 aromatic heterocycles. The first-order valence-corrected chi connectivity index (χ1v) is 10.1. The lowest BCUT2D eigenvalue weighted by Crippen LogP contribution is -2.13. The molecular weight excluding hydrogens is 366 g/mol. The standard InChI is InChI=1S/C20H19NO3S2/c1-24-20(23)18-15-10-5-6-11-16(15)26-19(18)21-17(22)12-7-13-25-14-8-3-2-4-9-14/h2-6,8-11H,7,12-13H2,1H3,(H,21,22). The first kappa shape index (κ1) is 18.5. The third kappa shape index (κ3) is 4.45. The molecule has 1 amide bonds. The summed E-state index contributed by atoms with van der Waals surface area (Å²) in [7, 11) is 1.35. The van der Waals surface area contributed by atoms with E-state index in [4.69, 9.17) is 4.74 Å². The lowest BCUT2D eigenvalue weighted by Gasteiger charge is -2.06. The summed E-state index contributed by atoms with van der Waals surface area (Å²) in [4.78, 5) is 25.6. The monoisotopic (exact) mass is 385 g/mol. The van der Waals surface area contributed by atoms with E-state index < -0.39 is 5.97 Å². The molecule has 2 aromatic carbocycles. The van der Waals surface area contributed by atoms with Gasteiger partial charge in [-0.2, -0.15) is 0 Å². The molecule has 4 nitrogen and oxygen atoms in total. The Morgan fingerprint density at radius 3 is 2.58 bits per heavy atom. The predicted octanol–water partition coefficient (Wildman–Crippen LogP) is 5.20. The second kappa shape index (κ2) is 8.87. The second-order valence-electron chi connectivity index (χ2n) is 5.61. The van der Waals surface area contributed by atoms with Crippen molar-refractivity contribution in [1.29, 1.82) is 0 Å². The molecule has 6 heteroatoms. The third-order valence-electron chi connectivity index (χ3n) is 3.80. The normalized spacial score (nSPS) is 10.7. The SMILES string of the molecule is COC(=O)c1c(NC(=O)CCCSc2ccccc2)sc2ccccc12. The molecule has 0 aliphatic heterocycles. The van der Waals surface area contributed by atoms with Gasteiger partial charge in [-0.1, -0.05) is 36.4 Å².